The fraction of sp³-hybridized carbons (Fsp3) is 0.167. The van der Waals surface area contributed by atoms with Gasteiger partial charge in [0.1, 0.15) is 6.26 Å². The first kappa shape index (κ1) is 16.5. The monoisotopic (exact) mass is 352 g/mol. The molecule has 0 spiro atoms. The maximum Gasteiger partial charge on any atom is 0.417 e. The van der Waals surface area contributed by atoms with Crippen LogP contribution >= 0.6 is 11.6 Å². The molecule has 1 atom stereocenters. The van der Waals surface area contributed by atoms with Gasteiger partial charge in [0.25, 0.3) is 5.91 Å². The van der Waals surface area contributed by atoms with E-state index in [1.807, 2.05) is 0 Å². The Kier molecular flexibility index (Phi) is 4.57. The molecular weight excluding hydrogens is 345 g/mol. The number of anilines is 1. The Morgan fingerprint density at radius 1 is 1.41 bits per heavy atom. The smallest absolute Gasteiger partial charge is 0.417 e. The maximum atomic E-state index is 12.9. The third-order valence-corrected chi connectivity index (χ3v) is 4.09. The van der Waals surface area contributed by atoms with Crippen LogP contribution in [0.15, 0.2) is 33.9 Å². The van der Waals surface area contributed by atoms with Gasteiger partial charge in [-0.05, 0) is 12.1 Å². The van der Waals surface area contributed by atoms with Gasteiger partial charge in [0.15, 0.2) is 0 Å². The molecule has 0 aliphatic rings. The average Bonchev–Trinajstić information content (AvgIpc) is 2.89. The van der Waals surface area contributed by atoms with Crippen LogP contribution in [0.3, 0.4) is 0 Å². The summed E-state index contributed by atoms with van der Waals surface area (Å²) in [5, 5.41) is 1.69. The van der Waals surface area contributed by atoms with Crippen LogP contribution in [0.25, 0.3) is 0 Å². The van der Waals surface area contributed by atoms with Crippen molar-refractivity contribution in [1.82, 2.24) is 4.98 Å². The van der Waals surface area contributed by atoms with Crippen LogP contribution in [0.2, 0.25) is 5.02 Å². The molecule has 0 saturated heterocycles. The number of carbonyl (C=O) groups is 1. The van der Waals surface area contributed by atoms with Gasteiger partial charge in [-0.3, -0.25) is 14.3 Å². The van der Waals surface area contributed by atoms with Crippen molar-refractivity contribution in [2.45, 2.75) is 11.1 Å². The maximum absolute atomic E-state index is 12.9. The molecule has 0 bridgehead atoms. The summed E-state index contributed by atoms with van der Waals surface area (Å²) in [6, 6.07) is 1.42. The number of amides is 1. The molecule has 1 heterocycles. The molecule has 22 heavy (non-hydrogen) atoms. The van der Waals surface area contributed by atoms with Crippen LogP contribution in [0.4, 0.5) is 19.2 Å². The Labute approximate surface area is 129 Å². The molecule has 10 heteroatoms. The largest absolute Gasteiger partial charge is 0.432 e. The molecule has 118 valence electrons. The highest BCUT2D eigenvalue weighted by Gasteiger charge is 2.36. The van der Waals surface area contributed by atoms with Gasteiger partial charge in [-0.1, -0.05) is 11.6 Å². The topological polar surface area (TPSA) is 72.2 Å². The SMILES string of the molecule is CS(=O)c1c(C(F)(F)F)ccc(C(=O)Nc2ncco2)c1Cl. The van der Waals surface area contributed by atoms with E-state index >= 15 is 0 Å². The molecule has 0 radical (unpaired) electrons. The number of carbonyl (C=O) groups excluding carboxylic acids is 1. The van der Waals surface area contributed by atoms with Gasteiger partial charge in [0.2, 0.25) is 0 Å². The van der Waals surface area contributed by atoms with Crippen LogP contribution in [-0.4, -0.2) is 21.4 Å². The minimum Gasteiger partial charge on any atom is -0.432 e. The first-order valence-electron chi connectivity index (χ1n) is 5.65. The molecule has 0 aliphatic heterocycles. The summed E-state index contributed by atoms with van der Waals surface area (Å²) >= 11 is 5.85. The van der Waals surface area contributed by atoms with Gasteiger partial charge in [-0.2, -0.15) is 13.2 Å². The van der Waals surface area contributed by atoms with Gasteiger partial charge in [-0.15, -0.1) is 0 Å². The Morgan fingerprint density at radius 3 is 2.59 bits per heavy atom. The molecule has 1 aromatic heterocycles. The van der Waals surface area contributed by atoms with E-state index in [9.17, 15) is 22.2 Å². The predicted octanol–water partition coefficient (Wildman–Crippen LogP) is 3.34. The average molecular weight is 353 g/mol. The first-order chi connectivity index (χ1) is 10.2. The summed E-state index contributed by atoms with van der Waals surface area (Å²) in [4.78, 5) is 15.0. The second-order valence-electron chi connectivity index (χ2n) is 4.05. The van der Waals surface area contributed by atoms with Crippen molar-refractivity contribution in [3.8, 4) is 0 Å². The zero-order chi connectivity index (χ0) is 16.5. The Bertz CT molecular complexity index is 732. The Balaban J connectivity index is 2.48. The van der Waals surface area contributed by atoms with Crippen LogP contribution < -0.4 is 5.32 Å². The number of oxazole rings is 1. The quantitative estimate of drug-likeness (QED) is 0.919. The summed E-state index contributed by atoms with van der Waals surface area (Å²) in [6.07, 6.45) is -1.21. The summed E-state index contributed by atoms with van der Waals surface area (Å²) in [6.45, 7) is 0. The molecule has 1 unspecified atom stereocenters. The van der Waals surface area contributed by atoms with Crippen LogP contribution in [0.1, 0.15) is 15.9 Å². The number of aromatic nitrogens is 1. The van der Waals surface area contributed by atoms with Crippen molar-refractivity contribution >= 4 is 34.3 Å². The standard InChI is InChI=1S/C12H8ClF3N2O3S/c1-22(20)9-7(12(14,15)16)3-2-6(8(9)13)10(19)18-11-17-4-5-21-11/h2-5H,1H3,(H,17,18,19). The Hall–Kier alpha value is -1.87. The molecule has 5 nitrogen and oxygen atoms in total. The van der Waals surface area contributed by atoms with Crippen LogP contribution in [0.5, 0.6) is 0 Å². The lowest BCUT2D eigenvalue weighted by Gasteiger charge is -2.14. The summed E-state index contributed by atoms with van der Waals surface area (Å²) < 4.78 is 55.1. The number of alkyl halides is 3. The van der Waals surface area contributed by atoms with E-state index in [1.165, 1.54) is 12.5 Å². The van der Waals surface area contributed by atoms with Crippen molar-refractivity contribution < 1.29 is 26.6 Å². The fourth-order valence-electron chi connectivity index (χ4n) is 1.69. The highest BCUT2D eigenvalue weighted by Crippen LogP contribution is 2.38. The van der Waals surface area contributed by atoms with Gasteiger partial charge in [0.05, 0.1) is 38.0 Å². The lowest BCUT2D eigenvalue weighted by molar-refractivity contribution is -0.139. The molecular formula is C12H8ClF3N2O3S. The van der Waals surface area contributed by atoms with Crippen LogP contribution in [0, 0.1) is 0 Å². The molecule has 1 N–H and O–H groups in total. The highest BCUT2D eigenvalue weighted by molar-refractivity contribution is 7.84. The second-order valence-corrected chi connectivity index (χ2v) is 5.74. The van der Waals surface area contributed by atoms with Crippen molar-refractivity contribution in [2.75, 3.05) is 11.6 Å². The van der Waals surface area contributed by atoms with Crippen LogP contribution in [-0.2, 0) is 17.0 Å². The molecule has 0 fully saturated rings. The van der Waals surface area contributed by atoms with E-state index in [-0.39, 0.29) is 11.6 Å². The molecule has 1 amide bonds. The normalized spacial score (nSPS) is 13.0. The number of halogens is 4. The first-order valence-corrected chi connectivity index (χ1v) is 7.59. The molecule has 0 saturated carbocycles. The molecule has 2 rings (SSSR count). The number of nitrogens with zero attached hydrogens (tertiary/aromatic N) is 1. The van der Waals surface area contributed by atoms with Gasteiger partial charge < -0.3 is 4.42 Å². The van der Waals surface area contributed by atoms with E-state index < -0.39 is 38.4 Å². The summed E-state index contributed by atoms with van der Waals surface area (Å²) in [7, 11) is -2.04. The number of benzene rings is 1. The Morgan fingerprint density at radius 2 is 2.09 bits per heavy atom. The van der Waals surface area contributed by atoms with Crippen molar-refractivity contribution in [3.63, 3.8) is 0 Å². The number of hydrogen-bond acceptors (Lipinski definition) is 4. The number of nitrogens with one attached hydrogen (secondary N) is 1. The van der Waals surface area contributed by atoms with E-state index in [4.69, 9.17) is 16.0 Å². The zero-order valence-corrected chi connectivity index (χ0v) is 12.5. The number of rotatable bonds is 3. The minimum atomic E-state index is -4.73. The molecule has 1 aromatic carbocycles. The van der Waals surface area contributed by atoms with E-state index in [0.717, 1.165) is 12.3 Å². The minimum absolute atomic E-state index is 0.139. The lowest BCUT2D eigenvalue weighted by atomic mass is 10.1. The predicted molar refractivity (Wildman–Crippen MR) is 73.2 cm³/mol. The van der Waals surface area contributed by atoms with Crippen molar-refractivity contribution in [2.24, 2.45) is 0 Å². The second kappa shape index (κ2) is 6.09. The van der Waals surface area contributed by atoms with E-state index in [0.29, 0.717) is 6.07 Å². The number of hydrogen-bond donors (Lipinski definition) is 1. The van der Waals surface area contributed by atoms with Gasteiger partial charge in [0, 0.05) is 6.26 Å². The molecule has 2 aromatic rings. The van der Waals surface area contributed by atoms with Gasteiger partial charge in [-0.25, -0.2) is 4.98 Å². The van der Waals surface area contributed by atoms with Crippen molar-refractivity contribution in [1.29, 1.82) is 0 Å². The molecule has 0 aliphatic carbocycles. The van der Waals surface area contributed by atoms with Crippen molar-refractivity contribution in [3.05, 3.63) is 40.7 Å². The third kappa shape index (κ3) is 3.30. The fourth-order valence-corrected chi connectivity index (χ4v) is 3.12. The van der Waals surface area contributed by atoms with E-state index in [2.05, 4.69) is 10.3 Å². The highest BCUT2D eigenvalue weighted by atomic mass is 35.5. The summed E-state index contributed by atoms with van der Waals surface area (Å²) in [5.41, 5.74) is -1.41. The summed E-state index contributed by atoms with van der Waals surface area (Å²) in [5.74, 6) is -0.826. The van der Waals surface area contributed by atoms with Gasteiger partial charge >= 0.3 is 12.2 Å². The lowest BCUT2D eigenvalue weighted by Crippen LogP contribution is -2.16. The zero-order valence-electron chi connectivity index (χ0n) is 10.9. The van der Waals surface area contributed by atoms with E-state index in [1.54, 1.807) is 0 Å². The third-order valence-electron chi connectivity index (χ3n) is 2.59.